The van der Waals surface area contributed by atoms with Crippen LogP contribution in [-0.2, 0) is 0 Å². The minimum absolute atomic E-state index is 0.440. The quantitative estimate of drug-likeness (QED) is 0.772. The Hall–Kier alpha value is -0.350. The van der Waals surface area contributed by atoms with Gasteiger partial charge in [-0.2, -0.15) is 0 Å². The van der Waals surface area contributed by atoms with Crippen molar-refractivity contribution in [3.63, 3.8) is 0 Å². The smallest absolute Gasteiger partial charge is 0.0554 e. The SMILES string of the molecule is CCC(NC)c1ccc(-c2ccc(Br)c(Cl)c2)s1. The topological polar surface area (TPSA) is 12.0 Å². The third-order valence-corrected chi connectivity index (χ3v) is 5.41. The molecule has 0 aliphatic carbocycles. The van der Waals surface area contributed by atoms with E-state index in [1.165, 1.54) is 15.3 Å². The maximum absolute atomic E-state index is 6.13. The number of rotatable bonds is 4. The Bertz CT molecular complexity index is 534. The monoisotopic (exact) mass is 343 g/mol. The summed E-state index contributed by atoms with van der Waals surface area (Å²) < 4.78 is 0.936. The molecule has 0 saturated heterocycles. The van der Waals surface area contributed by atoms with Crippen molar-refractivity contribution >= 4 is 38.9 Å². The molecule has 0 radical (unpaired) electrons. The van der Waals surface area contributed by atoms with Crippen LogP contribution in [0.15, 0.2) is 34.8 Å². The molecular formula is C14H15BrClNS. The first kappa shape index (κ1) is 14.1. The van der Waals surface area contributed by atoms with Crippen molar-refractivity contribution < 1.29 is 0 Å². The Morgan fingerprint density at radius 3 is 2.72 bits per heavy atom. The zero-order valence-corrected chi connectivity index (χ0v) is 13.5. The van der Waals surface area contributed by atoms with Crippen molar-refractivity contribution in [3.8, 4) is 10.4 Å². The first-order valence-corrected chi connectivity index (χ1v) is 7.87. The van der Waals surface area contributed by atoms with E-state index in [1.54, 1.807) is 0 Å². The number of halogens is 2. The molecule has 0 aliphatic rings. The molecule has 18 heavy (non-hydrogen) atoms. The maximum Gasteiger partial charge on any atom is 0.0554 e. The maximum atomic E-state index is 6.13. The number of benzene rings is 1. The minimum Gasteiger partial charge on any atom is -0.312 e. The fourth-order valence-electron chi connectivity index (χ4n) is 1.89. The van der Waals surface area contributed by atoms with Gasteiger partial charge in [-0.15, -0.1) is 11.3 Å². The average Bonchev–Trinajstić information content (AvgIpc) is 2.84. The Morgan fingerprint density at radius 1 is 1.33 bits per heavy atom. The van der Waals surface area contributed by atoms with Crippen LogP contribution in [0, 0.1) is 0 Å². The first-order chi connectivity index (χ1) is 8.65. The minimum atomic E-state index is 0.440. The van der Waals surface area contributed by atoms with Gasteiger partial charge in [0.25, 0.3) is 0 Å². The van der Waals surface area contributed by atoms with E-state index < -0.39 is 0 Å². The molecule has 1 atom stereocenters. The molecule has 0 amide bonds. The molecule has 0 saturated carbocycles. The molecule has 4 heteroatoms. The summed E-state index contributed by atoms with van der Waals surface area (Å²) in [4.78, 5) is 2.63. The fourth-order valence-corrected chi connectivity index (χ4v) is 3.52. The van der Waals surface area contributed by atoms with Crippen LogP contribution < -0.4 is 5.32 Å². The van der Waals surface area contributed by atoms with Crippen LogP contribution in [0.4, 0.5) is 0 Å². The lowest BCUT2D eigenvalue weighted by atomic mass is 10.1. The summed E-state index contributed by atoms with van der Waals surface area (Å²) in [5.41, 5.74) is 1.17. The van der Waals surface area contributed by atoms with E-state index in [0.29, 0.717) is 6.04 Å². The molecule has 0 aliphatic heterocycles. The van der Waals surface area contributed by atoms with Crippen LogP contribution in [0.2, 0.25) is 5.02 Å². The summed E-state index contributed by atoms with van der Waals surface area (Å²) in [6.45, 7) is 2.19. The molecule has 0 bridgehead atoms. The van der Waals surface area contributed by atoms with E-state index in [4.69, 9.17) is 11.6 Å². The lowest BCUT2D eigenvalue weighted by molar-refractivity contribution is 0.586. The second-order valence-electron chi connectivity index (χ2n) is 4.08. The molecule has 2 rings (SSSR count). The predicted octanol–water partition coefficient (Wildman–Crippen LogP) is 5.50. The van der Waals surface area contributed by atoms with Gasteiger partial charge in [0.15, 0.2) is 0 Å². The molecule has 96 valence electrons. The Morgan fingerprint density at radius 2 is 2.11 bits per heavy atom. The van der Waals surface area contributed by atoms with Crippen LogP contribution in [0.25, 0.3) is 10.4 Å². The van der Waals surface area contributed by atoms with Gasteiger partial charge in [0.05, 0.1) is 5.02 Å². The summed E-state index contributed by atoms with van der Waals surface area (Å²) in [5, 5.41) is 4.08. The Labute approximate surface area is 125 Å². The molecule has 1 heterocycles. The van der Waals surface area contributed by atoms with Gasteiger partial charge in [-0.3, -0.25) is 0 Å². The largest absolute Gasteiger partial charge is 0.312 e. The van der Waals surface area contributed by atoms with Crippen molar-refractivity contribution in [2.24, 2.45) is 0 Å². The summed E-state index contributed by atoms with van der Waals surface area (Å²) in [6.07, 6.45) is 1.09. The van der Waals surface area contributed by atoms with Gasteiger partial charge in [-0.1, -0.05) is 24.6 Å². The fraction of sp³-hybridized carbons (Fsp3) is 0.286. The molecule has 0 fully saturated rings. The number of nitrogens with one attached hydrogen (secondary N) is 1. The van der Waals surface area contributed by atoms with Gasteiger partial charge in [0.2, 0.25) is 0 Å². The van der Waals surface area contributed by atoms with E-state index in [9.17, 15) is 0 Å². The highest BCUT2D eigenvalue weighted by atomic mass is 79.9. The van der Waals surface area contributed by atoms with Gasteiger partial charge in [-0.05, 0) is 59.2 Å². The van der Waals surface area contributed by atoms with Crippen molar-refractivity contribution in [2.45, 2.75) is 19.4 Å². The molecule has 0 spiro atoms. The third-order valence-electron chi connectivity index (χ3n) is 2.93. The molecule has 2 aromatic rings. The Kier molecular flexibility index (Phi) is 4.84. The van der Waals surface area contributed by atoms with Crippen LogP contribution >= 0.6 is 38.9 Å². The Balaban J connectivity index is 2.31. The highest BCUT2D eigenvalue weighted by Crippen LogP contribution is 2.35. The second kappa shape index (κ2) is 6.20. The van der Waals surface area contributed by atoms with Crippen LogP contribution in [0.5, 0.6) is 0 Å². The number of thiophene rings is 1. The van der Waals surface area contributed by atoms with Crippen LogP contribution in [0.1, 0.15) is 24.3 Å². The molecule has 1 aromatic carbocycles. The lowest BCUT2D eigenvalue weighted by Gasteiger charge is -2.10. The molecule has 1 aromatic heterocycles. The summed E-state index contributed by atoms with van der Waals surface area (Å²) in [6, 6.07) is 10.9. The van der Waals surface area contributed by atoms with Gasteiger partial charge >= 0.3 is 0 Å². The summed E-state index contributed by atoms with van der Waals surface area (Å²) in [5.74, 6) is 0. The van der Waals surface area contributed by atoms with E-state index in [-0.39, 0.29) is 0 Å². The first-order valence-electron chi connectivity index (χ1n) is 5.88. The summed E-state index contributed by atoms with van der Waals surface area (Å²) in [7, 11) is 2.00. The standard InChI is InChI=1S/C14H15BrClNS/c1-3-12(17-2)14-7-6-13(18-14)9-4-5-10(15)11(16)8-9/h4-8,12,17H,3H2,1-2H3. The molecule has 1 N–H and O–H groups in total. The molecular weight excluding hydrogens is 330 g/mol. The highest BCUT2D eigenvalue weighted by molar-refractivity contribution is 9.10. The van der Waals surface area contributed by atoms with Crippen molar-refractivity contribution in [1.82, 2.24) is 5.32 Å². The number of hydrogen-bond donors (Lipinski definition) is 1. The van der Waals surface area contributed by atoms with Gasteiger partial charge < -0.3 is 5.32 Å². The van der Waals surface area contributed by atoms with Crippen molar-refractivity contribution in [3.05, 3.63) is 44.7 Å². The van der Waals surface area contributed by atoms with E-state index in [0.717, 1.165) is 15.9 Å². The summed E-state index contributed by atoms with van der Waals surface area (Å²) >= 11 is 11.4. The third kappa shape index (κ3) is 2.97. The second-order valence-corrected chi connectivity index (χ2v) is 6.46. The van der Waals surface area contributed by atoms with Crippen molar-refractivity contribution in [2.75, 3.05) is 7.05 Å². The molecule has 1 unspecified atom stereocenters. The average molecular weight is 345 g/mol. The lowest BCUT2D eigenvalue weighted by Crippen LogP contribution is -2.13. The zero-order chi connectivity index (χ0) is 13.1. The van der Waals surface area contributed by atoms with Gasteiger partial charge in [-0.25, -0.2) is 0 Å². The number of hydrogen-bond acceptors (Lipinski definition) is 2. The normalized spacial score (nSPS) is 12.7. The van der Waals surface area contributed by atoms with Crippen LogP contribution in [0.3, 0.4) is 0 Å². The van der Waals surface area contributed by atoms with Crippen molar-refractivity contribution in [1.29, 1.82) is 0 Å². The zero-order valence-electron chi connectivity index (χ0n) is 10.3. The predicted molar refractivity (Wildman–Crippen MR) is 84.6 cm³/mol. The molecule has 1 nitrogen and oxygen atoms in total. The highest BCUT2D eigenvalue weighted by Gasteiger charge is 2.11. The van der Waals surface area contributed by atoms with E-state index >= 15 is 0 Å². The van der Waals surface area contributed by atoms with E-state index in [1.807, 2.05) is 30.5 Å². The van der Waals surface area contributed by atoms with Crippen LogP contribution in [-0.4, -0.2) is 7.05 Å². The van der Waals surface area contributed by atoms with E-state index in [2.05, 4.69) is 46.4 Å². The van der Waals surface area contributed by atoms with Gasteiger partial charge in [0.1, 0.15) is 0 Å². The van der Waals surface area contributed by atoms with Gasteiger partial charge in [0, 0.05) is 20.3 Å².